The molecule has 1 aromatic carbocycles. The third-order valence-electron chi connectivity index (χ3n) is 4.55. The van der Waals surface area contributed by atoms with Crippen molar-refractivity contribution in [2.24, 2.45) is 0 Å². The highest BCUT2D eigenvalue weighted by Gasteiger charge is 2.26. The van der Waals surface area contributed by atoms with Crippen LogP contribution in [0.3, 0.4) is 0 Å². The number of fused-ring (bicyclic) bond motifs is 1. The summed E-state index contributed by atoms with van der Waals surface area (Å²) in [6, 6.07) is 8.61. The summed E-state index contributed by atoms with van der Waals surface area (Å²) in [7, 11) is 0. The Balaban J connectivity index is 1.53. The Bertz CT molecular complexity index is 697. The fourth-order valence-corrected chi connectivity index (χ4v) is 3.36. The van der Waals surface area contributed by atoms with Crippen LogP contribution in [0.1, 0.15) is 26.1 Å². The summed E-state index contributed by atoms with van der Waals surface area (Å²) in [6.07, 6.45) is 1.66. The number of likely N-dealkylation sites (tertiary alicyclic amines) is 1. The third-order valence-corrected chi connectivity index (χ3v) is 4.55. The summed E-state index contributed by atoms with van der Waals surface area (Å²) in [5.74, 6) is 1.12. The van der Waals surface area contributed by atoms with Crippen molar-refractivity contribution in [3.8, 4) is 0 Å². The van der Waals surface area contributed by atoms with Crippen LogP contribution in [0.15, 0.2) is 24.3 Å². The van der Waals surface area contributed by atoms with Gasteiger partial charge in [-0.25, -0.2) is 9.78 Å². The quantitative estimate of drug-likeness (QED) is 0.884. The Labute approximate surface area is 142 Å². The molecule has 130 valence electrons. The van der Waals surface area contributed by atoms with Gasteiger partial charge in [0.1, 0.15) is 5.82 Å². The van der Waals surface area contributed by atoms with Crippen molar-refractivity contribution in [2.75, 3.05) is 26.2 Å². The zero-order valence-corrected chi connectivity index (χ0v) is 14.5. The van der Waals surface area contributed by atoms with Crippen LogP contribution in [0.2, 0.25) is 0 Å². The van der Waals surface area contributed by atoms with Gasteiger partial charge in [0.15, 0.2) is 0 Å². The lowest BCUT2D eigenvalue weighted by atomic mass is 10.2. The fourth-order valence-electron chi connectivity index (χ4n) is 3.36. The molecule has 1 aliphatic rings. The molecule has 1 amide bonds. The zero-order valence-electron chi connectivity index (χ0n) is 14.5. The van der Waals surface area contributed by atoms with Gasteiger partial charge < -0.3 is 19.5 Å². The van der Waals surface area contributed by atoms with Gasteiger partial charge in [0.25, 0.3) is 0 Å². The van der Waals surface area contributed by atoms with Gasteiger partial charge in [-0.1, -0.05) is 12.1 Å². The second kappa shape index (κ2) is 7.66. The molecule has 1 aromatic heterocycles. The minimum absolute atomic E-state index is 0.199. The first-order valence-electron chi connectivity index (χ1n) is 8.82. The van der Waals surface area contributed by atoms with Gasteiger partial charge in [-0.2, -0.15) is 0 Å². The van der Waals surface area contributed by atoms with E-state index in [0.717, 1.165) is 50.4 Å². The van der Waals surface area contributed by atoms with E-state index in [1.165, 1.54) is 5.52 Å². The average molecular weight is 330 g/mol. The number of imidazole rings is 1. The Morgan fingerprint density at radius 1 is 1.38 bits per heavy atom. The van der Waals surface area contributed by atoms with Gasteiger partial charge in [-0.15, -0.1) is 0 Å². The van der Waals surface area contributed by atoms with E-state index >= 15 is 0 Å². The van der Waals surface area contributed by atoms with Gasteiger partial charge in [0.05, 0.1) is 17.6 Å². The highest BCUT2D eigenvalue weighted by atomic mass is 16.6. The number of para-hydroxylation sites is 2. The fraction of sp³-hybridized carbons (Fsp3) is 0.556. The molecule has 0 unspecified atom stereocenters. The molecule has 6 nitrogen and oxygen atoms in total. The van der Waals surface area contributed by atoms with Gasteiger partial charge in [0.2, 0.25) is 0 Å². The zero-order chi connectivity index (χ0) is 16.9. The summed E-state index contributed by atoms with van der Waals surface area (Å²) < 4.78 is 7.33. The number of aromatic nitrogens is 2. The predicted octanol–water partition coefficient (Wildman–Crippen LogP) is 2.42. The Morgan fingerprint density at radius 3 is 3.00 bits per heavy atom. The van der Waals surface area contributed by atoms with Gasteiger partial charge >= 0.3 is 6.09 Å². The normalized spacial score (nSPS) is 17.6. The lowest BCUT2D eigenvalue weighted by Crippen LogP contribution is -2.36. The molecule has 1 aliphatic heterocycles. The second-order valence-corrected chi connectivity index (χ2v) is 6.10. The first-order chi connectivity index (χ1) is 11.7. The van der Waals surface area contributed by atoms with Crippen molar-refractivity contribution in [3.63, 3.8) is 0 Å². The predicted molar refractivity (Wildman–Crippen MR) is 94.1 cm³/mol. The number of carbonyl (C=O) groups excluding carboxylic acids is 1. The topological polar surface area (TPSA) is 59.4 Å². The summed E-state index contributed by atoms with van der Waals surface area (Å²) in [6.45, 7) is 7.71. The summed E-state index contributed by atoms with van der Waals surface area (Å²) >= 11 is 0. The number of aryl methyl sites for hydroxylation is 1. The number of amides is 1. The molecule has 24 heavy (non-hydrogen) atoms. The van der Waals surface area contributed by atoms with Crippen LogP contribution in [0.5, 0.6) is 0 Å². The van der Waals surface area contributed by atoms with E-state index in [9.17, 15) is 4.79 Å². The Morgan fingerprint density at radius 2 is 2.21 bits per heavy atom. The van der Waals surface area contributed by atoms with E-state index in [4.69, 9.17) is 9.72 Å². The van der Waals surface area contributed by atoms with E-state index in [2.05, 4.69) is 35.0 Å². The van der Waals surface area contributed by atoms with E-state index < -0.39 is 0 Å². The van der Waals surface area contributed by atoms with Crippen molar-refractivity contribution in [1.82, 2.24) is 19.8 Å². The number of hydrogen-bond donors (Lipinski definition) is 1. The second-order valence-electron chi connectivity index (χ2n) is 6.10. The van der Waals surface area contributed by atoms with Crippen molar-refractivity contribution in [1.29, 1.82) is 0 Å². The first kappa shape index (κ1) is 16.8. The van der Waals surface area contributed by atoms with Crippen molar-refractivity contribution >= 4 is 17.1 Å². The number of rotatable bonds is 6. The molecular formula is C18H26N4O2. The minimum atomic E-state index is -0.199. The molecule has 0 spiro atoms. The van der Waals surface area contributed by atoms with Gasteiger partial charge in [-0.05, 0) is 32.4 Å². The van der Waals surface area contributed by atoms with E-state index in [0.29, 0.717) is 12.6 Å². The molecule has 1 atom stereocenters. The summed E-state index contributed by atoms with van der Waals surface area (Å²) in [4.78, 5) is 18.3. The smallest absolute Gasteiger partial charge is 0.409 e. The molecule has 3 rings (SSSR count). The summed E-state index contributed by atoms with van der Waals surface area (Å²) in [5.41, 5.74) is 2.26. The average Bonchev–Trinajstić information content (AvgIpc) is 3.19. The number of carbonyl (C=O) groups is 1. The van der Waals surface area contributed by atoms with Crippen LogP contribution < -0.4 is 5.32 Å². The maximum atomic E-state index is 11.7. The molecule has 1 N–H and O–H groups in total. The molecule has 0 saturated carbocycles. The molecule has 1 fully saturated rings. The standard InChI is InChI=1S/C18H26N4O2/c1-3-22-16-8-6-5-7-15(16)20-17(22)9-11-19-14-10-12-21(13-14)18(23)24-4-2/h5-8,14,19H,3-4,9-13H2,1-2H3/t14-/m1/s1. The maximum absolute atomic E-state index is 11.7. The highest BCUT2D eigenvalue weighted by Crippen LogP contribution is 2.16. The van der Waals surface area contributed by atoms with Crippen molar-refractivity contribution in [3.05, 3.63) is 30.1 Å². The Hall–Kier alpha value is -2.08. The van der Waals surface area contributed by atoms with E-state index in [1.54, 1.807) is 4.90 Å². The summed E-state index contributed by atoms with van der Waals surface area (Å²) in [5, 5.41) is 3.55. The number of benzene rings is 1. The number of hydrogen-bond acceptors (Lipinski definition) is 4. The highest BCUT2D eigenvalue weighted by molar-refractivity contribution is 5.75. The molecular weight excluding hydrogens is 304 g/mol. The van der Waals surface area contributed by atoms with Crippen LogP contribution in [0.25, 0.3) is 11.0 Å². The maximum Gasteiger partial charge on any atom is 0.409 e. The minimum Gasteiger partial charge on any atom is -0.450 e. The largest absolute Gasteiger partial charge is 0.450 e. The van der Waals surface area contributed by atoms with E-state index in [-0.39, 0.29) is 6.09 Å². The molecule has 1 saturated heterocycles. The van der Waals surface area contributed by atoms with Crippen LogP contribution in [-0.4, -0.2) is 52.8 Å². The van der Waals surface area contributed by atoms with E-state index in [1.807, 2.05) is 13.0 Å². The van der Waals surface area contributed by atoms with Crippen LogP contribution in [-0.2, 0) is 17.7 Å². The molecule has 6 heteroatoms. The van der Waals surface area contributed by atoms with Gasteiger partial charge in [0, 0.05) is 38.6 Å². The number of ether oxygens (including phenoxy) is 1. The molecule has 2 heterocycles. The Kier molecular flexibility index (Phi) is 5.35. The van der Waals surface area contributed by atoms with Crippen LogP contribution >= 0.6 is 0 Å². The SMILES string of the molecule is CCOC(=O)N1CC[C@@H](NCCc2nc3ccccc3n2CC)C1. The molecule has 2 aromatic rings. The number of nitrogens with zero attached hydrogens (tertiary/aromatic N) is 3. The molecule has 0 radical (unpaired) electrons. The molecule has 0 aliphatic carbocycles. The van der Waals surface area contributed by atoms with Crippen molar-refractivity contribution < 1.29 is 9.53 Å². The van der Waals surface area contributed by atoms with Crippen LogP contribution in [0.4, 0.5) is 4.79 Å². The first-order valence-corrected chi connectivity index (χ1v) is 8.82. The number of nitrogens with one attached hydrogen (secondary N) is 1. The monoisotopic (exact) mass is 330 g/mol. The van der Waals surface area contributed by atoms with Crippen LogP contribution in [0, 0.1) is 0 Å². The lowest BCUT2D eigenvalue weighted by Gasteiger charge is -2.16. The third kappa shape index (κ3) is 3.53. The van der Waals surface area contributed by atoms with Crippen molar-refractivity contribution in [2.45, 2.75) is 39.3 Å². The molecule has 0 bridgehead atoms. The lowest BCUT2D eigenvalue weighted by molar-refractivity contribution is 0.115. The van der Waals surface area contributed by atoms with Gasteiger partial charge in [-0.3, -0.25) is 0 Å².